The van der Waals surface area contributed by atoms with Crippen molar-refractivity contribution in [1.29, 1.82) is 0 Å². The standard InChI is InChI=1S/C10H12N/c1-2-5-10(6-3-1)9-11-7-4-8-11/h1-3,5-7H,4,8-9H2/q+1. The topological polar surface area (TPSA) is 3.01 Å². The van der Waals surface area contributed by atoms with Crippen LogP contribution in [0.25, 0.3) is 0 Å². The summed E-state index contributed by atoms with van der Waals surface area (Å²) in [6.45, 7) is 2.32. The van der Waals surface area contributed by atoms with Crippen molar-refractivity contribution in [3.63, 3.8) is 0 Å². The number of nitrogens with zero attached hydrogens (tertiary/aromatic N) is 1. The molecule has 56 valence electrons. The first-order valence-corrected chi connectivity index (χ1v) is 4.06. The van der Waals surface area contributed by atoms with Gasteiger partial charge in [-0.25, -0.2) is 4.58 Å². The first-order valence-electron chi connectivity index (χ1n) is 4.06. The highest BCUT2D eigenvalue weighted by Crippen LogP contribution is 2.03. The molecule has 0 saturated heterocycles. The van der Waals surface area contributed by atoms with Crippen molar-refractivity contribution in [3.05, 3.63) is 35.9 Å². The molecule has 1 heterocycles. The maximum atomic E-state index is 2.34. The van der Waals surface area contributed by atoms with Crippen LogP contribution >= 0.6 is 0 Å². The lowest BCUT2D eigenvalue weighted by atomic mass is 10.2. The molecule has 0 bridgehead atoms. The second kappa shape index (κ2) is 2.87. The minimum atomic E-state index is 1.08. The van der Waals surface area contributed by atoms with Crippen molar-refractivity contribution in [3.8, 4) is 0 Å². The van der Waals surface area contributed by atoms with Crippen LogP contribution in [-0.4, -0.2) is 17.3 Å². The maximum absolute atomic E-state index is 2.34. The van der Waals surface area contributed by atoms with Gasteiger partial charge in [-0.05, 0) is 0 Å². The van der Waals surface area contributed by atoms with Gasteiger partial charge in [0.05, 0.1) is 6.42 Å². The minimum absolute atomic E-state index is 1.08. The summed E-state index contributed by atoms with van der Waals surface area (Å²) in [7, 11) is 0. The van der Waals surface area contributed by atoms with E-state index in [4.69, 9.17) is 0 Å². The van der Waals surface area contributed by atoms with Crippen LogP contribution in [0.1, 0.15) is 12.0 Å². The van der Waals surface area contributed by atoms with E-state index in [1.54, 1.807) is 0 Å². The summed E-state index contributed by atoms with van der Waals surface area (Å²) in [5, 5.41) is 0. The molecule has 0 radical (unpaired) electrons. The molecule has 0 aliphatic carbocycles. The van der Waals surface area contributed by atoms with Crippen LogP contribution in [0.5, 0.6) is 0 Å². The van der Waals surface area contributed by atoms with Gasteiger partial charge >= 0.3 is 0 Å². The SMILES string of the molecule is C1=[N+](Cc2ccccc2)CC1. The molecule has 0 N–H and O–H groups in total. The fourth-order valence-corrected chi connectivity index (χ4v) is 1.27. The van der Waals surface area contributed by atoms with Gasteiger partial charge in [-0.15, -0.1) is 0 Å². The molecule has 1 aromatic carbocycles. The zero-order chi connectivity index (χ0) is 7.52. The Morgan fingerprint density at radius 2 is 1.91 bits per heavy atom. The normalized spacial score (nSPS) is 15.5. The molecule has 0 saturated carbocycles. The van der Waals surface area contributed by atoms with E-state index in [-0.39, 0.29) is 0 Å². The highest BCUT2D eigenvalue weighted by atomic mass is 15.0. The van der Waals surface area contributed by atoms with Gasteiger partial charge in [-0.3, -0.25) is 0 Å². The largest absolute Gasteiger partial charge is 0.234 e. The van der Waals surface area contributed by atoms with Crippen LogP contribution in [0, 0.1) is 0 Å². The summed E-state index contributed by atoms with van der Waals surface area (Å²) in [5.74, 6) is 0. The molecule has 0 aromatic heterocycles. The lowest BCUT2D eigenvalue weighted by Crippen LogP contribution is -2.24. The molecule has 1 aliphatic heterocycles. The summed E-state index contributed by atoms with van der Waals surface area (Å²) >= 11 is 0. The monoisotopic (exact) mass is 146 g/mol. The predicted molar refractivity (Wildman–Crippen MR) is 46.0 cm³/mol. The van der Waals surface area contributed by atoms with Gasteiger partial charge < -0.3 is 0 Å². The summed E-state index contributed by atoms with van der Waals surface area (Å²) in [6, 6.07) is 10.6. The Morgan fingerprint density at radius 1 is 1.18 bits per heavy atom. The molecule has 0 amide bonds. The van der Waals surface area contributed by atoms with Crippen LogP contribution in [0.4, 0.5) is 0 Å². The van der Waals surface area contributed by atoms with Gasteiger partial charge in [-0.2, -0.15) is 0 Å². The molecule has 1 aromatic rings. The fraction of sp³-hybridized carbons (Fsp3) is 0.300. The molecule has 0 atom stereocenters. The smallest absolute Gasteiger partial charge is 0.167 e. The van der Waals surface area contributed by atoms with Crippen molar-refractivity contribution in [1.82, 2.24) is 0 Å². The third-order valence-corrected chi connectivity index (χ3v) is 2.03. The first kappa shape index (κ1) is 6.59. The van der Waals surface area contributed by atoms with E-state index in [9.17, 15) is 0 Å². The molecule has 1 aliphatic rings. The Kier molecular flexibility index (Phi) is 1.72. The van der Waals surface area contributed by atoms with Gasteiger partial charge in [0.1, 0.15) is 6.21 Å². The van der Waals surface area contributed by atoms with Crippen LogP contribution in [-0.2, 0) is 6.54 Å². The number of benzene rings is 1. The van der Waals surface area contributed by atoms with Gasteiger partial charge in [0.25, 0.3) is 0 Å². The minimum Gasteiger partial charge on any atom is -0.234 e. The van der Waals surface area contributed by atoms with Crippen molar-refractivity contribution >= 4 is 6.21 Å². The van der Waals surface area contributed by atoms with Crippen LogP contribution in [0.15, 0.2) is 30.3 Å². The van der Waals surface area contributed by atoms with Crippen molar-refractivity contribution in [2.24, 2.45) is 0 Å². The Hall–Kier alpha value is -1.11. The molecule has 1 nitrogen and oxygen atoms in total. The van der Waals surface area contributed by atoms with E-state index in [2.05, 4.69) is 41.1 Å². The van der Waals surface area contributed by atoms with Gasteiger partial charge in [0.2, 0.25) is 0 Å². The Morgan fingerprint density at radius 3 is 2.45 bits per heavy atom. The predicted octanol–water partition coefficient (Wildman–Crippen LogP) is 1.67. The van der Waals surface area contributed by atoms with Crippen LogP contribution in [0.2, 0.25) is 0 Å². The Labute approximate surface area is 67.0 Å². The molecule has 0 spiro atoms. The number of rotatable bonds is 2. The molecular weight excluding hydrogens is 134 g/mol. The quantitative estimate of drug-likeness (QED) is 0.558. The highest BCUT2D eigenvalue weighted by Gasteiger charge is 2.12. The first-order chi connectivity index (χ1) is 5.45. The van der Waals surface area contributed by atoms with E-state index < -0.39 is 0 Å². The lowest BCUT2D eigenvalue weighted by molar-refractivity contribution is -0.561. The zero-order valence-electron chi connectivity index (χ0n) is 6.53. The average molecular weight is 146 g/mol. The average Bonchev–Trinajstić information content (AvgIpc) is 1.99. The number of hydrogen-bond donors (Lipinski definition) is 0. The summed E-state index contributed by atoms with van der Waals surface area (Å²) in [5.41, 5.74) is 1.41. The van der Waals surface area contributed by atoms with Crippen LogP contribution in [0.3, 0.4) is 0 Å². The Balaban J connectivity index is 2.07. The van der Waals surface area contributed by atoms with Gasteiger partial charge in [0.15, 0.2) is 13.1 Å². The molecule has 11 heavy (non-hydrogen) atoms. The fourth-order valence-electron chi connectivity index (χ4n) is 1.27. The molecular formula is C10H12N+. The third-order valence-electron chi connectivity index (χ3n) is 2.03. The van der Waals surface area contributed by atoms with Crippen LogP contribution < -0.4 is 0 Å². The van der Waals surface area contributed by atoms with Crippen molar-refractivity contribution in [2.45, 2.75) is 13.0 Å². The third kappa shape index (κ3) is 1.48. The summed E-state index contributed by atoms with van der Waals surface area (Å²) in [4.78, 5) is 0. The maximum Gasteiger partial charge on any atom is 0.167 e. The zero-order valence-corrected chi connectivity index (χ0v) is 6.53. The summed E-state index contributed by atoms with van der Waals surface area (Å²) in [6.07, 6.45) is 3.51. The van der Waals surface area contributed by atoms with E-state index in [0.717, 1.165) is 6.54 Å². The molecule has 0 unspecified atom stereocenters. The lowest BCUT2D eigenvalue weighted by Gasteiger charge is -2.08. The van der Waals surface area contributed by atoms with E-state index >= 15 is 0 Å². The summed E-state index contributed by atoms with van der Waals surface area (Å²) < 4.78 is 2.34. The van der Waals surface area contributed by atoms with E-state index in [1.165, 1.54) is 18.5 Å². The van der Waals surface area contributed by atoms with Gasteiger partial charge in [0, 0.05) is 5.56 Å². The van der Waals surface area contributed by atoms with Gasteiger partial charge in [-0.1, -0.05) is 30.3 Å². The highest BCUT2D eigenvalue weighted by molar-refractivity contribution is 5.54. The van der Waals surface area contributed by atoms with E-state index in [1.807, 2.05) is 0 Å². The molecule has 0 fully saturated rings. The second-order valence-corrected chi connectivity index (χ2v) is 2.93. The van der Waals surface area contributed by atoms with Crippen molar-refractivity contribution < 1.29 is 4.58 Å². The molecule has 2 rings (SSSR count). The van der Waals surface area contributed by atoms with Crippen molar-refractivity contribution in [2.75, 3.05) is 6.54 Å². The Bertz CT molecular complexity index is 261. The van der Waals surface area contributed by atoms with E-state index in [0.29, 0.717) is 0 Å². The second-order valence-electron chi connectivity index (χ2n) is 2.93. The number of hydrogen-bond acceptors (Lipinski definition) is 0. The molecule has 1 heteroatoms.